The van der Waals surface area contributed by atoms with Crippen molar-refractivity contribution >= 4 is 10.9 Å². The van der Waals surface area contributed by atoms with Crippen molar-refractivity contribution in [3.63, 3.8) is 0 Å². The number of hydrogen-bond acceptors (Lipinski definition) is 5. The third-order valence-electron chi connectivity index (χ3n) is 6.94. The van der Waals surface area contributed by atoms with Gasteiger partial charge in [0.1, 0.15) is 23.9 Å². The highest BCUT2D eigenvalue weighted by molar-refractivity contribution is 5.92. The van der Waals surface area contributed by atoms with Gasteiger partial charge in [0.2, 0.25) is 0 Å². The molecule has 4 aromatic rings. The van der Waals surface area contributed by atoms with Crippen molar-refractivity contribution in [1.29, 1.82) is 0 Å². The van der Waals surface area contributed by atoms with Gasteiger partial charge in [0.15, 0.2) is 0 Å². The maximum absolute atomic E-state index is 10.1. The molecule has 1 aliphatic rings. The van der Waals surface area contributed by atoms with Gasteiger partial charge in [-0.05, 0) is 91.1 Å². The maximum atomic E-state index is 10.1. The first kappa shape index (κ1) is 23.3. The molecule has 0 atom stereocenters. The van der Waals surface area contributed by atoms with E-state index in [2.05, 4.69) is 28.5 Å². The molecular weight excluding hydrogens is 440 g/mol. The molecule has 1 fully saturated rings. The summed E-state index contributed by atoms with van der Waals surface area (Å²) in [5.74, 6) is 1.33. The van der Waals surface area contributed by atoms with Gasteiger partial charge in [-0.3, -0.25) is 4.90 Å². The molecule has 182 valence electrons. The van der Waals surface area contributed by atoms with E-state index in [1.54, 1.807) is 18.2 Å². The fraction of sp³-hybridized carbons (Fsp3) is 0.310. The van der Waals surface area contributed by atoms with Crippen LogP contribution in [0.1, 0.15) is 24.0 Å². The summed E-state index contributed by atoms with van der Waals surface area (Å²) in [5.41, 5.74) is 5.37. The lowest BCUT2D eigenvalue weighted by Gasteiger charge is -2.29. The minimum atomic E-state index is -0.152. The molecule has 1 aromatic heterocycles. The smallest absolute Gasteiger partial charge is 0.119 e. The Balaban J connectivity index is 1.34. The van der Waals surface area contributed by atoms with Crippen LogP contribution >= 0.6 is 0 Å². The van der Waals surface area contributed by atoms with Gasteiger partial charge < -0.3 is 24.6 Å². The van der Waals surface area contributed by atoms with E-state index in [0.717, 1.165) is 71.5 Å². The first-order valence-corrected chi connectivity index (χ1v) is 12.2. The average molecular weight is 473 g/mol. The normalized spacial score (nSPS) is 15.0. The van der Waals surface area contributed by atoms with E-state index in [1.807, 2.05) is 36.4 Å². The summed E-state index contributed by atoms with van der Waals surface area (Å²) in [7, 11) is 0. The van der Waals surface area contributed by atoms with Crippen LogP contribution in [0.15, 0.2) is 66.7 Å². The van der Waals surface area contributed by atoms with Crippen LogP contribution in [0.5, 0.6) is 17.2 Å². The lowest BCUT2D eigenvalue weighted by atomic mass is 10.1. The van der Waals surface area contributed by atoms with E-state index in [1.165, 1.54) is 0 Å². The number of piperidine rings is 1. The summed E-state index contributed by atoms with van der Waals surface area (Å²) < 4.78 is 8.23. The Hall–Kier alpha value is -3.48. The van der Waals surface area contributed by atoms with Gasteiger partial charge in [0, 0.05) is 37.1 Å². The second-order valence-corrected chi connectivity index (χ2v) is 9.37. The SMILES string of the molecule is Cc1c(-c2ccc(O)cc2)n(Cc2ccc(OCCN3CCC(O)CC3)cc2)c2ccc(O)cc12. The number of aromatic hydroxyl groups is 2. The topological polar surface area (TPSA) is 78.1 Å². The zero-order valence-electron chi connectivity index (χ0n) is 20.0. The summed E-state index contributed by atoms with van der Waals surface area (Å²) in [6.45, 7) is 6.09. The number of ether oxygens (including phenoxy) is 1. The minimum Gasteiger partial charge on any atom is -0.508 e. The van der Waals surface area contributed by atoms with Crippen LogP contribution in [-0.4, -0.2) is 57.1 Å². The molecule has 3 N–H and O–H groups in total. The molecule has 2 heterocycles. The summed E-state index contributed by atoms with van der Waals surface area (Å²) in [6, 6.07) is 20.9. The maximum Gasteiger partial charge on any atom is 0.119 e. The monoisotopic (exact) mass is 472 g/mol. The number of rotatable bonds is 7. The molecule has 0 amide bonds. The van der Waals surface area contributed by atoms with E-state index in [4.69, 9.17) is 4.74 Å². The van der Waals surface area contributed by atoms with Crippen molar-refractivity contribution in [1.82, 2.24) is 9.47 Å². The van der Waals surface area contributed by atoms with Crippen LogP contribution in [0.2, 0.25) is 0 Å². The van der Waals surface area contributed by atoms with E-state index in [0.29, 0.717) is 13.2 Å². The summed E-state index contributed by atoms with van der Waals surface area (Å²) in [4.78, 5) is 2.34. The molecular formula is C29H32N2O4. The lowest BCUT2D eigenvalue weighted by Crippen LogP contribution is -2.38. The molecule has 0 bridgehead atoms. The van der Waals surface area contributed by atoms with Crippen molar-refractivity contribution in [2.45, 2.75) is 32.4 Å². The number of phenolic OH excluding ortho intramolecular Hbond substituents is 2. The Morgan fingerprint density at radius 2 is 1.57 bits per heavy atom. The molecule has 0 spiro atoms. The molecule has 1 aliphatic heterocycles. The van der Waals surface area contributed by atoms with E-state index in [-0.39, 0.29) is 17.6 Å². The molecule has 6 nitrogen and oxygen atoms in total. The Bertz CT molecular complexity index is 1290. The first-order chi connectivity index (χ1) is 17.0. The highest BCUT2D eigenvalue weighted by Crippen LogP contribution is 2.36. The number of phenols is 2. The molecule has 0 radical (unpaired) electrons. The molecule has 1 saturated heterocycles. The van der Waals surface area contributed by atoms with Crippen LogP contribution in [0, 0.1) is 6.92 Å². The van der Waals surface area contributed by atoms with Crippen LogP contribution in [0.4, 0.5) is 0 Å². The van der Waals surface area contributed by atoms with Crippen molar-refractivity contribution in [3.8, 4) is 28.5 Å². The van der Waals surface area contributed by atoms with Crippen LogP contribution < -0.4 is 4.74 Å². The number of hydrogen-bond donors (Lipinski definition) is 3. The van der Waals surface area contributed by atoms with E-state index < -0.39 is 0 Å². The van der Waals surface area contributed by atoms with Gasteiger partial charge in [-0.15, -0.1) is 0 Å². The zero-order chi connectivity index (χ0) is 24.4. The second-order valence-electron chi connectivity index (χ2n) is 9.37. The third kappa shape index (κ3) is 5.14. The van der Waals surface area contributed by atoms with Crippen molar-refractivity contribution in [2.75, 3.05) is 26.2 Å². The fourth-order valence-electron chi connectivity index (χ4n) is 4.98. The van der Waals surface area contributed by atoms with Gasteiger partial charge in [-0.25, -0.2) is 0 Å². The van der Waals surface area contributed by atoms with Crippen LogP contribution in [-0.2, 0) is 6.54 Å². The van der Waals surface area contributed by atoms with Crippen molar-refractivity contribution in [2.24, 2.45) is 0 Å². The number of aliphatic hydroxyl groups is 1. The lowest BCUT2D eigenvalue weighted by molar-refractivity contribution is 0.0755. The Morgan fingerprint density at radius 3 is 2.29 bits per heavy atom. The van der Waals surface area contributed by atoms with Gasteiger partial charge >= 0.3 is 0 Å². The number of benzene rings is 3. The van der Waals surface area contributed by atoms with Crippen molar-refractivity contribution < 1.29 is 20.1 Å². The molecule has 0 unspecified atom stereocenters. The predicted molar refractivity (Wildman–Crippen MR) is 138 cm³/mol. The number of aromatic nitrogens is 1. The highest BCUT2D eigenvalue weighted by Gasteiger charge is 2.18. The quantitative estimate of drug-likeness (QED) is 0.356. The van der Waals surface area contributed by atoms with E-state index >= 15 is 0 Å². The largest absolute Gasteiger partial charge is 0.508 e. The standard InChI is InChI=1S/C29H32N2O4/c1-20-27-18-25(34)8-11-28(27)31(29(20)22-4-6-23(32)7-5-22)19-21-2-9-26(10-3-21)35-17-16-30-14-12-24(33)13-15-30/h2-11,18,24,32-34H,12-17,19H2,1H3. The predicted octanol–water partition coefficient (Wildman–Crippen LogP) is 4.91. The second kappa shape index (κ2) is 10.0. The third-order valence-corrected chi connectivity index (χ3v) is 6.94. The molecule has 35 heavy (non-hydrogen) atoms. The number of aryl methyl sites for hydroxylation is 1. The Kier molecular flexibility index (Phi) is 6.66. The minimum absolute atomic E-state index is 0.152. The molecule has 5 rings (SSSR count). The molecule has 6 heteroatoms. The van der Waals surface area contributed by atoms with Crippen LogP contribution in [0.25, 0.3) is 22.2 Å². The summed E-state index contributed by atoms with van der Waals surface area (Å²) >= 11 is 0. The number of nitrogens with zero attached hydrogens (tertiary/aromatic N) is 2. The number of fused-ring (bicyclic) bond motifs is 1. The van der Waals surface area contributed by atoms with Gasteiger partial charge in [0.25, 0.3) is 0 Å². The van der Waals surface area contributed by atoms with Crippen molar-refractivity contribution in [3.05, 3.63) is 77.9 Å². The van der Waals surface area contributed by atoms with Gasteiger partial charge in [-0.2, -0.15) is 0 Å². The Morgan fingerprint density at radius 1 is 0.886 bits per heavy atom. The van der Waals surface area contributed by atoms with Gasteiger partial charge in [-0.1, -0.05) is 12.1 Å². The number of likely N-dealkylation sites (tertiary alicyclic amines) is 1. The number of aliphatic hydroxyl groups excluding tert-OH is 1. The highest BCUT2D eigenvalue weighted by atomic mass is 16.5. The first-order valence-electron chi connectivity index (χ1n) is 12.2. The molecule has 0 aliphatic carbocycles. The van der Waals surface area contributed by atoms with Crippen LogP contribution in [0.3, 0.4) is 0 Å². The Labute approximate surface area is 205 Å². The molecule has 3 aromatic carbocycles. The van der Waals surface area contributed by atoms with Gasteiger partial charge in [0.05, 0.1) is 11.8 Å². The van der Waals surface area contributed by atoms with E-state index in [9.17, 15) is 15.3 Å². The fourth-order valence-corrected chi connectivity index (χ4v) is 4.98. The summed E-state index contributed by atoms with van der Waals surface area (Å²) in [6.07, 6.45) is 1.53. The summed E-state index contributed by atoms with van der Waals surface area (Å²) in [5, 5.41) is 30.5. The molecule has 0 saturated carbocycles. The average Bonchev–Trinajstić information content (AvgIpc) is 3.12. The zero-order valence-corrected chi connectivity index (χ0v) is 20.0.